The van der Waals surface area contributed by atoms with Crippen LogP contribution in [0.4, 0.5) is 0 Å². The van der Waals surface area contributed by atoms with Crippen LogP contribution >= 0.6 is 15.9 Å². The molecule has 0 aliphatic carbocycles. The number of hydrogen-bond donors (Lipinski definition) is 1. The van der Waals surface area contributed by atoms with Gasteiger partial charge < -0.3 is 9.84 Å². The van der Waals surface area contributed by atoms with Gasteiger partial charge in [-0.3, -0.25) is 4.98 Å². The number of ether oxygens (including phenoxy) is 1. The molecule has 0 bridgehead atoms. The van der Waals surface area contributed by atoms with Crippen molar-refractivity contribution in [1.82, 2.24) is 4.98 Å². The summed E-state index contributed by atoms with van der Waals surface area (Å²) in [5.41, 5.74) is 0.972. The van der Waals surface area contributed by atoms with Gasteiger partial charge in [-0.15, -0.1) is 0 Å². The lowest BCUT2D eigenvalue weighted by molar-refractivity contribution is 0.0696. The van der Waals surface area contributed by atoms with Crippen molar-refractivity contribution < 1.29 is 14.6 Å². The minimum atomic E-state index is -0.981. The number of nitrogens with zero attached hydrogens (tertiary/aromatic N) is 1. The molecular weight excluding hydrogens is 298 g/mol. The second-order valence-corrected chi connectivity index (χ2v) is 4.41. The summed E-state index contributed by atoms with van der Waals surface area (Å²) in [6.07, 6.45) is 1.68. The molecular formula is C13H10BrNO3. The number of carbonyl (C=O) groups is 1. The highest BCUT2D eigenvalue weighted by atomic mass is 79.9. The highest BCUT2D eigenvalue weighted by Crippen LogP contribution is 2.26. The molecule has 5 heteroatoms. The van der Waals surface area contributed by atoms with Gasteiger partial charge in [-0.1, -0.05) is 6.07 Å². The van der Waals surface area contributed by atoms with Crippen molar-refractivity contribution in [1.29, 1.82) is 0 Å². The van der Waals surface area contributed by atoms with Gasteiger partial charge in [0, 0.05) is 6.20 Å². The van der Waals surface area contributed by atoms with Crippen LogP contribution in [0.15, 0.2) is 47.1 Å². The predicted molar refractivity (Wildman–Crippen MR) is 69.7 cm³/mol. The third-order valence-corrected chi connectivity index (χ3v) is 2.93. The van der Waals surface area contributed by atoms with Crippen molar-refractivity contribution in [3.8, 4) is 5.75 Å². The van der Waals surface area contributed by atoms with E-state index in [4.69, 9.17) is 9.84 Å². The van der Waals surface area contributed by atoms with E-state index in [0.717, 1.165) is 5.69 Å². The van der Waals surface area contributed by atoms with E-state index in [0.29, 0.717) is 16.8 Å². The van der Waals surface area contributed by atoms with Crippen LogP contribution in [0.2, 0.25) is 0 Å². The summed E-state index contributed by atoms with van der Waals surface area (Å²) in [6, 6.07) is 10.2. The average Bonchev–Trinajstić information content (AvgIpc) is 2.38. The van der Waals surface area contributed by atoms with Gasteiger partial charge >= 0.3 is 5.97 Å². The fourth-order valence-corrected chi connectivity index (χ4v) is 1.74. The Morgan fingerprint density at radius 1 is 1.33 bits per heavy atom. The van der Waals surface area contributed by atoms with Crippen LogP contribution in [-0.4, -0.2) is 16.1 Å². The molecule has 0 radical (unpaired) electrons. The highest BCUT2D eigenvalue weighted by Gasteiger charge is 2.08. The molecule has 2 aromatic rings. The topological polar surface area (TPSA) is 59.4 Å². The standard InChI is InChI=1S/C13H10BrNO3/c14-11-5-4-9(13(16)17)7-12(11)18-8-10-3-1-2-6-15-10/h1-7H,8H2,(H,16,17). The van der Waals surface area contributed by atoms with Crippen LogP contribution in [0.25, 0.3) is 0 Å². The van der Waals surface area contributed by atoms with E-state index in [9.17, 15) is 4.79 Å². The normalized spacial score (nSPS) is 10.1. The van der Waals surface area contributed by atoms with E-state index in [1.807, 2.05) is 18.2 Å². The number of rotatable bonds is 4. The molecule has 0 fully saturated rings. The Bertz CT molecular complexity index is 557. The van der Waals surface area contributed by atoms with Gasteiger partial charge in [0.1, 0.15) is 12.4 Å². The van der Waals surface area contributed by atoms with E-state index in [1.165, 1.54) is 12.1 Å². The zero-order valence-corrected chi connectivity index (χ0v) is 10.9. The number of halogens is 1. The zero-order chi connectivity index (χ0) is 13.0. The van der Waals surface area contributed by atoms with Crippen molar-refractivity contribution in [2.75, 3.05) is 0 Å². The summed E-state index contributed by atoms with van der Waals surface area (Å²) in [6.45, 7) is 0.294. The minimum absolute atomic E-state index is 0.189. The van der Waals surface area contributed by atoms with Gasteiger partial charge in [-0.2, -0.15) is 0 Å². The van der Waals surface area contributed by atoms with Crippen LogP contribution in [-0.2, 0) is 6.61 Å². The Hall–Kier alpha value is -1.88. The molecule has 0 atom stereocenters. The molecule has 0 aliphatic heterocycles. The predicted octanol–water partition coefficient (Wildman–Crippen LogP) is 3.12. The van der Waals surface area contributed by atoms with Crippen molar-refractivity contribution in [3.05, 3.63) is 58.3 Å². The molecule has 1 aromatic carbocycles. The molecule has 2 rings (SSSR count). The third-order valence-electron chi connectivity index (χ3n) is 2.28. The van der Waals surface area contributed by atoms with Crippen molar-refractivity contribution in [3.63, 3.8) is 0 Å². The van der Waals surface area contributed by atoms with Crippen LogP contribution < -0.4 is 4.74 Å². The Morgan fingerprint density at radius 2 is 2.17 bits per heavy atom. The Morgan fingerprint density at radius 3 is 2.83 bits per heavy atom. The molecule has 0 amide bonds. The van der Waals surface area contributed by atoms with Gasteiger partial charge in [-0.05, 0) is 46.3 Å². The van der Waals surface area contributed by atoms with Gasteiger partial charge in [0.05, 0.1) is 15.7 Å². The molecule has 0 saturated carbocycles. The van der Waals surface area contributed by atoms with Gasteiger partial charge in [0.2, 0.25) is 0 Å². The van der Waals surface area contributed by atoms with Crippen molar-refractivity contribution >= 4 is 21.9 Å². The molecule has 0 aliphatic rings. The fourth-order valence-electron chi connectivity index (χ4n) is 1.38. The molecule has 4 nitrogen and oxygen atoms in total. The van der Waals surface area contributed by atoms with Gasteiger partial charge in [0.15, 0.2) is 0 Å². The van der Waals surface area contributed by atoms with Crippen LogP contribution in [0.1, 0.15) is 16.1 Å². The maximum atomic E-state index is 10.9. The lowest BCUT2D eigenvalue weighted by Gasteiger charge is -2.08. The first-order valence-electron chi connectivity index (χ1n) is 5.22. The maximum absolute atomic E-state index is 10.9. The second kappa shape index (κ2) is 5.64. The Labute approximate surface area is 112 Å². The lowest BCUT2D eigenvalue weighted by atomic mass is 10.2. The van der Waals surface area contributed by atoms with Gasteiger partial charge in [0.25, 0.3) is 0 Å². The molecule has 18 heavy (non-hydrogen) atoms. The summed E-state index contributed by atoms with van der Waals surface area (Å²) in [5, 5.41) is 8.90. The summed E-state index contributed by atoms with van der Waals surface area (Å²) >= 11 is 3.31. The number of hydrogen-bond acceptors (Lipinski definition) is 3. The third kappa shape index (κ3) is 3.07. The zero-order valence-electron chi connectivity index (χ0n) is 9.34. The van der Waals surface area contributed by atoms with Gasteiger partial charge in [-0.25, -0.2) is 4.79 Å². The largest absolute Gasteiger partial charge is 0.486 e. The summed E-state index contributed by atoms with van der Waals surface area (Å²) in [5.74, 6) is -0.495. The quantitative estimate of drug-likeness (QED) is 0.943. The van der Waals surface area contributed by atoms with Crippen molar-refractivity contribution in [2.24, 2.45) is 0 Å². The number of benzene rings is 1. The van der Waals surface area contributed by atoms with Crippen LogP contribution in [0.5, 0.6) is 5.75 Å². The number of carboxylic acids is 1. The first-order valence-corrected chi connectivity index (χ1v) is 6.01. The molecule has 1 N–H and O–H groups in total. The maximum Gasteiger partial charge on any atom is 0.335 e. The molecule has 0 saturated heterocycles. The van der Waals surface area contributed by atoms with E-state index in [-0.39, 0.29) is 5.56 Å². The number of pyridine rings is 1. The average molecular weight is 308 g/mol. The summed E-state index contributed by atoms with van der Waals surface area (Å²) in [7, 11) is 0. The molecule has 92 valence electrons. The first kappa shape index (κ1) is 12.6. The monoisotopic (exact) mass is 307 g/mol. The smallest absolute Gasteiger partial charge is 0.335 e. The lowest BCUT2D eigenvalue weighted by Crippen LogP contribution is -2.01. The minimum Gasteiger partial charge on any atom is -0.486 e. The van der Waals surface area contributed by atoms with Crippen LogP contribution in [0, 0.1) is 0 Å². The molecule has 1 aromatic heterocycles. The van der Waals surface area contributed by atoms with E-state index in [2.05, 4.69) is 20.9 Å². The highest BCUT2D eigenvalue weighted by molar-refractivity contribution is 9.10. The summed E-state index contributed by atoms with van der Waals surface area (Å²) < 4.78 is 6.25. The molecule has 1 heterocycles. The van der Waals surface area contributed by atoms with E-state index in [1.54, 1.807) is 12.3 Å². The molecule has 0 unspecified atom stereocenters. The summed E-state index contributed by atoms with van der Waals surface area (Å²) in [4.78, 5) is 15.0. The Kier molecular flexibility index (Phi) is 3.94. The van der Waals surface area contributed by atoms with Crippen molar-refractivity contribution in [2.45, 2.75) is 6.61 Å². The fraction of sp³-hybridized carbons (Fsp3) is 0.0769. The Balaban J connectivity index is 2.14. The first-order chi connectivity index (χ1) is 8.66. The number of aromatic carboxylic acids is 1. The molecule has 0 spiro atoms. The van der Waals surface area contributed by atoms with E-state index < -0.39 is 5.97 Å². The van der Waals surface area contributed by atoms with E-state index >= 15 is 0 Å². The second-order valence-electron chi connectivity index (χ2n) is 3.56. The van der Waals surface area contributed by atoms with Crippen LogP contribution in [0.3, 0.4) is 0 Å². The SMILES string of the molecule is O=C(O)c1ccc(Br)c(OCc2ccccn2)c1. The number of carboxylic acid groups (broad SMARTS) is 1. The number of aromatic nitrogens is 1.